The molecule has 0 unspecified atom stereocenters. The number of hydrogen-bond acceptors (Lipinski definition) is 7. The van der Waals surface area contributed by atoms with Gasteiger partial charge in [-0.05, 0) is 88.3 Å². The van der Waals surface area contributed by atoms with Crippen LogP contribution in [0, 0.1) is 18.3 Å². The number of benzene rings is 1. The van der Waals surface area contributed by atoms with Crippen LogP contribution in [0.5, 0.6) is 0 Å². The average Bonchev–Trinajstić information content (AvgIpc) is 2.93. The van der Waals surface area contributed by atoms with Gasteiger partial charge in [0.1, 0.15) is 24.2 Å². The minimum atomic E-state index is -0.935. The number of cyclic esters (lactones) is 1. The maximum absolute atomic E-state index is 13.3. The van der Waals surface area contributed by atoms with Gasteiger partial charge in [-0.15, -0.1) is 0 Å². The third-order valence-corrected chi connectivity index (χ3v) is 7.63. The summed E-state index contributed by atoms with van der Waals surface area (Å²) in [6.45, 7) is 13.0. The molecule has 1 aromatic carbocycles. The molecule has 4 atom stereocenters. The number of aryl methyl sites for hydroxylation is 1. The molecule has 0 saturated carbocycles. The van der Waals surface area contributed by atoms with Gasteiger partial charge in [-0.3, -0.25) is 24.2 Å². The molecule has 4 bridgehead atoms. The van der Waals surface area contributed by atoms with E-state index < -0.39 is 41.5 Å². The summed E-state index contributed by atoms with van der Waals surface area (Å²) in [7, 11) is 1.80. The van der Waals surface area contributed by atoms with Crippen LogP contribution in [0.25, 0.3) is 6.08 Å². The summed E-state index contributed by atoms with van der Waals surface area (Å²) < 4.78 is 5.82. The fourth-order valence-electron chi connectivity index (χ4n) is 4.71. The second kappa shape index (κ2) is 13.3. The quantitative estimate of drug-likeness (QED) is 0.405. The van der Waals surface area contributed by atoms with Crippen molar-refractivity contribution in [2.24, 2.45) is 11.3 Å². The summed E-state index contributed by atoms with van der Waals surface area (Å²) in [5, 5.41) is 10.2. The average molecular weight is 568 g/mol. The number of carbonyl (C=O) groups excluding carboxylic acids is 4. The van der Waals surface area contributed by atoms with Gasteiger partial charge in [-0.2, -0.15) is 0 Å². The van der Waals surface area contributed by atoms with Crippen molar-refractivity contribution < 1.29 is 23.9 Å². The number of nitrogens with zero attached hydrogens (tertiary/aromatic N) is 1. The zero-order valence-electron chi connectivity index (χ0n) is 25.5. The molecular formula is C31H45N5O5. The molecule has 2 aliphatic rings. The first kappa shape index (κ1) is 31.9. The second-order valence-corrected chi connectivity index (χ2v) is 11.8. The second-order valence-electron chi connectivity index (χ2n) is 11.8. The Bertz CT molecular complexity index is 1220. The highest BCUT2D eigenvalue weighted by Crippen LogP contribution is 2.25. The minimum absolute atomic E-state index is 0.222. The van der Waals surface area contributed by atoms with Gasteiger partial charge in [-0.1, -0.05) is 32.1 Å². The summed E-state index contributed by atoms with van der Waals surface area (Å²) >= 11 is 0. The van der Waals surface area contributed by atoms with Crippen LogP contribution in [0.3, 0.4) is 0 Å². The predicted molar refractivity (Wildman–Crippen MR) is 158 cm³/mol. The molecule has 2 aliphatic heterocycles. The molecule has 1 aromatic rings. The zero-order valence-corrected chi connectivity index (χ0v) is 25.5. The van der Waals surface area contributed by atoms with Gasteiger partial charge >= 0.3 is 5.97 Å². The lowest BCUT2D eigenvalue weighted by atomic mass is 9.90. The van der Waals surface area contributed by atoms with E-state index in [1.807, 2.05) is 58.0 Å². The first-order chi connectivity index (χ1) is 19.2. The lowest BCUT2D eigenvalue weighted by Gasteiger charge is -2.35. The maximum Gasteiger partial charge on any atom is 0.325 e. The largest absolute Gasteiger partial charge is 0.457 e. The van der Waals surface area contributed by atoms with E-state index in [2.05, 4.69) is 21.4 Å². The Morgan fingerprint density at radius 3 is 2.46 bits per heavy atom. The number of carbonyl (C=O) groups is 4. The first-order valence-corrected chi connectivity index (χ1v) is 14.3. The van der Waals surface area contributed by atoms with E-state index in [4.69, 9.17) is 4.74 Å². The summed E-state index contributed by atoms with van der Waals surface area (Å²) in [5.41, 5.74) is 5.64. The zero-order chi connectivity index (χ0) is 30.5. The fourth-order valence-corrected chi connectivity index (χ4v) is 4.71. The Morgan fingerprint density at radius 2 is 1.80 bits per heavy atom. The number of nitrogens with one attached hydrogen (secondary N) is 4. The number of rotatable bonds is 2. The highest BCUT2D eigenvalue weighted by Gasteiger charge is 2.35. The molecule has 0 aliphatic carbocycles. The Balaban J connectivity index is 2.02. The van der Waals surface area contributed by atoms with Crippen molar-refractivity contribution in [3.05, 3.63) is 52.7 Å². The third-order valence-electron chi connectivity index (χ3n) is 7.63. The lowest BCUT2D eigenvalue weighted by Crippen LogP contribution is -2.61. The number of amides is 3. The van der Waals surface area contributed by atoms with Crippen molar-refractivity contribution in [3.8, 4) is 0 Å². The van der Waals surface area contributed by atoms with Crippen LogP contribution in [0.15, 0.2) is 36.0 Å². The monoisotopic (exact) mass is 567 g/mol. The van der Waals surface area contributed by atoms with Gasteiger partial charge < -0.3 is 20.7 Å². The van der Waals surface area contributed by atoms with Crippen molar-refractivity contribution in [2.45, 2.75) is 85.5 Å². The molecule has 41 heavy (non-hydrogen) atoms. The Morgan fingerprint density at radius 1 is 1.10 bits per heavy atom. The first-order valence-electron chi connectivity index (χ1n) is 14.3. The molecule has 0 spiro atoms. The van der Waals surface area contributed by atoms with Crippen molar-refractivity contribution >= 4 is 29.8 Å². The van der Waals surface area contributed by atoms with Gasteiger partial charge in [0.2, 0.25) is 11.8 Å². The molecule has 0 radical (unpaired) electrons. The Labute approximate surface area is 243 Å². The molecular weight excluding hydrogens is 522 g/mol. The van der Waals surface area contributed by atoms with Crippen molar-refractivity contribution in [3.63, 3.8) is 0 Å². The van der Waals surface area contributed by atoms with E-state index in [1.54, 1.807) is 33.9 Å². The Kier molecular flexibility index (Phi) is 10.4. The van der Waals surface area contributed by atoms with E-state index >= 15 is 0 Å². The SMILES string of the molecule is CNC1=C\c2cc(ccc2C)[C@@H](C)OC(=O)[C@@H]2CCCN(N2)C(=O)[C@H](C)NC(=O)[C@H](C(C)C)NC(=O)C(C)(C)\C=C\1. The van der Waals surface area contributed by atoms with Crippen LogP contribution in [0.4, 0.5) is 0 Å². The number of hydrogen-bond donors (Lipinski definition) is 4. The maximum atomic E-state index is 13.3. The van der Waals surface area contributed by atoms with Crippen LogP contribution < -0.4 is 21.4 Å². The van der Waals surface area contributed by atoms with E-state index in [0.29, 0.717) is 19.4 Å². The number of hydrazine groups is 1. The molecule has 1 saturated heterocycles. The summed E-state index contributed by atoms with van der Waals surface area (Å²) in [6.07, 6.45) is 6.21. The van der Waals surface area contributed by atoms with Crippen LogP contribution >= 0.6 is 0 Å². The molecule has 1 fully saturated rings. The highest BCUT2D eigenvalue weighted by atomic mass is 16.5. The number of allylic oxidation sites excluding steroid dienone is 1. The number of ether oxygens (including phenoxy) is 1. The number of fused-ring (bicyclic) bond motifs is 4. The topological polar surface area (TPSA) is 129 Å². The van der Waals surface area contributed by atoms with Gasteiger partial charge in [0.15, 0.2) is 0 Å². The van der Waals surface area contributed by atoms with E-state index in [1.165, 1.54) is 5.01 Å². The molecule has 2 heterocycles. The van der Waals surface area contributed by atoms with Crippen molar-refractivity contribution in [1.82, 2.24) is 26.4 Å². The van der Waals surface area contributed by atoms with Crippen molar-refractivity contribution in [1.29, 1.82) is 0 Å². The van der Waals surface area contributed by atoms with Gasteiger partial charge in [0, 0.05) is 19.3 Å². The van der Waals surface area contributed by atoms with E-state index in [0.717, 1.165) is 22.4 Å². The smallest absolute Gasteiger partial charge is 0.325 e. The Hall–Kier alpha value is -3.66. The molecule has 10 nitrogen and oxygen atoms in total. The molecule has 0 aromatic heterocycles. The fraction of sp³-hybridized carbons (Fsp3) is 0.548. The molecule has 10 heteroatoms. The highest BCUT2D eigenvalue weighted by molar-refractivity contribution is 5.93. The number of likely N-dealkylation sites (N-methyl/N-ethyl adjacent to an activating group) is 1. The van der Waals surface area contributed by atoms with Crippen molar-refractivity contribution in [2.75, 3.05) is 13.6 Å². The minimum Gasteiger partial charge on any atom is -0.457 e. The summed E-state index contributed by atoms with van der Waals surface area (Å²) in [5.74, 6) is -1.81. The van der Waals surface area contributed by atoms with Gasteiger partial charge in [0.25, 0.3) is 5.91 Å². The van der Waals surface area contributed by atoms with Crippen LogP contribution in [0.1, 0.15) is 77.2 Å². The normalized spacial score (nSPS) is 28.4. The summed E-state index contributed by atoms with van der Waals surface area (Å²) in [6, 6.07) is 3.48. The van der Waals surface area contributed by atoms with E-state index in [9.17, 15) is 19.2 Å². The standard InChI is InChI=1S/C31H45N5O5/c1-18(2)26-27(37)33-20(4)28(38)36-15-9-10-25(35-36)29(39)41-21(5)22-12-11-19(3)23(16-22)17-24(32-8)13-14-31(6,7)30(40)34-26/h11-14,16-18,20-21,25-26,32,35H,9-10,15H2,1-8H3,(H,33,37)(H,34,40)/b14-13+,24-17-/t20-,21+,25-,26-/m0/s1. The molecule has 4 N–H and O–H groups in total. The van der Waals surface area contributed by atoms with E-state index in [-0.39, 0.29) is 17.7 Å². The van der Waals surface area contributed by atoms with Crippen LogP contribution in [-0.2, 0) is 23.9 Å². The number of esters is 1. The van der Waals surface area contributed by atoms with Gasteiger partial charge in [-0.25, -0.2) is 5.43 Å². The predicted octanol–water partition coefficient (Wildman–Crippen LogP) is 2.90. The lowest BCUT2D eigenvalue weighted by molar-refractivity contribution is -0.157. The van der Waals surface area contributed by atoms with Crippen LogP contribution in [-0.4, -0.2) is 60.4 Å². The molecule has 3 rings (SSSR count). The third kappa shape index (κ3) is 7.97. The van der Waals surface area contributed by atoms with Crippen LogP contribution in [0.2, 0.25) is 0 Å². The molecule has 224 valence electrons. The summed E-state index contributed by atoms with van der Waals surface area (Å²) in [4.78, 5) is 52.9. The molecule has 3 amide bonds. The van der Waals surface area contributed by atoms with Gasteiger partial charge in [0.05, 0.1) is 5.41 Å².